The molecule has 0 radical (unpaired) electrons. The molecule has 0 aliphatic heterocycles. The number of rotatable bonds is 3. The fourth-order valence-electron chi connectivity index (χ4n) is 6.17. The Bertz CT molecular complexity index is 1480. The van der Waals surface area contributed by atoms with Crippen molar-refractivity contribution in [1.29, 1.82) is 0 Å². The van der Waals surface area contributed by atoms with Gasteiger partial charge in [-0.05, 0) is 53.9 Å². The van der Waals surface area contributed by atoms with Gasteiger partial charge >= 0.3 is 0 Å². The third-order valence-electron chi connectivity index (χ3n) is 8.03. The smallest absolute Gasteiger partial charge is 0.237 e. The van der Waals surface area contributed by atoms with Crippen LogP contribution in [0.1, 0.15) is 81.0 Å². The van der Waals surface area contributed by atoms with Gasteiger partial charge in [0.2, 0.25) is 11.6 Å². The lowest BCUT2D eigenvalue weighted by molar-refractivity contribution is 0.0813. The molecule has 2 aliphatic rings. The van der Waals surface area contributed by atoms with E-state index >= 15 is 0 Å². The second-order valence-corrected chi connectivity index (χ2v) is 10.6. The second-order valence-electron chi connectivity index (χ2n) is 10.6. The van der Waals surface area contributed by atoms with Crippen LogP contribution in [0.4, 0.5) is 0 Å². The average Bonchev–Trinajstić information content (AvgIpc) is 3.25. The number of aliphatic hydroxyl groups is 1. The van der Waals surface area contributed by atoms with Crippen molar-refractivity contribution in [2.75, 3.05) is 0 Å². The lowest BCUT2D eigenvalue weighted by Gasteiger charge is -2.34. The van der Waals surface area contributed by atoms with Gasteiger partial charge in [-0.2, -0.15) is 0 Å². The Morgan fingerprint density at radius 2 is 1.42 bits per heavy atom. The first-order valence-electron chi connectivity index (χ1n) is 12.5. The van der Waals surface area contributed by atoms with E-state index in [9.17, 15) is 14.7 Å². The van der Waals surface area contributed by atoms with E-state index in [2.05, 4.69) is 19.9 Å². The molecule has 0 atom stereocenters. The third kappa shape index (κ3) is 3.04. The molecule has 0 unspecified atom stereocenters. The number of furan rings is 1. The standard InChI is InChI=1S/C32H28O4/c1-19-25-27(33)28(34)26-22-15-10-18-31(2,3)24(22)17-16-23(26)29(25)36-30(19)32(35,20-11-6-4-7-12-20)21-13-8-5-9-14-21/h4-9,11-14,16-17,35H,10,15,18H2,1-3H3. The van der Waals surface area contributed by atoms with Crippen molar-refractivity contribution in [3.05, 3.63) is 118 Å². The van der Waals surface area contributed by atoms with Crippen LogP contribution in [0.25, 0.3) is 11.3 Å². The number of carbonyl (C=O) groups is 2. The molecule has 0 fully saturated rings. The van der Waals surface area contributed by atoms with E-state index in [0.29, 0.717) is 33.6 Å². The lowest BCUT2D eigenvalue weighted by Crippen LogP contribution is -2.30. The Balaban J connectivity index is 1.64. The average molecular weight is 477 g/mol. The molecule has 0 amide bonds. The highest BCUT2D eigenvalue weighted by atomic mass is 16.4. The molecular formula is C32H28O4. The topological polar surface area (TPSA) is 67.5 Å². The Hall–Kier alpha value is -3.76. The minimum absolute atomic E-state index is 0.0582. The van der Waals surface area contributed by atoms with E-state index in [0.717, 1.165) is 30.4 Å². The van der Waals surface area contributed by atoms with Crippen molar-refractivity contribution in [3.63, 3.8) is 0 Å². The van der Waals surface area contributed by atoms with Crippen LogP contribution in [0.5, 0.6) is 0 Å². The molecule has 1 heterocycles. The summed E-state index contributed by atoms with van der Waals surface area (Å²) in [5.41, 5.74) is 3.50. The number of benzene rings is 3. The maximum atomic E-state index is 13.6. The van der Waals surface area contributed by atoms with Crippen molar-refractivity contribution in [3.8, 4) is 11.3 Å². The summed E-state index contributed by atoms with van der Waals surface area (Å²) in [7, 11) is 0. The quantitative estimate of drug-likeness (QED) is 0.341. The number of ketones is 2. The van der Waals surface area contributed by atoms with Crippen LogP contribution >= 0.6 is 0 Å². The normalized spacial score (nSPS) is 16.3. The summed E-state index contributed by atoms with van der Waals surface area (Å²) in [5, 5.41) is 12.3. The van der Waals surface area contributed by atoms with E-state index in [-0.39, 0.29) is 16.7 Å². The van der Waals surface area contributed by atoms with E-state index in [1.807, 2.05) is 66.7 Å². The fraction of sp³-hybridized carbons (Fsp3) is 0.250. The summed E-state index contributed by atoms with van der Waals surface area (Å²) < 4.78 is 6.48. The molecule has 4 nitrogen and oxygen atoms in total. The van der Waals surface area contributed by atoms with Gasteiger partial charge in [-0.1, -0.05) is 86.6 Å². The summed E-state index contributed by atoms with van der Waals surface area (Å²) in [6.07, 6.45) is 2.77. The Kier molecular flexibility index (Phi) is 4.96. The van der Waals surface area contributed by atoms with Gasteiger partial charge in [-0.3, -0.25) is 9.59 Å². The number of Topliss-reactive ketones (excluding diaryl/α,β-unsaturated/α-hetero) is 2. The van der Waals surface area contributed by atoms with Gasteiger partial charge in [-0.25, -0.2) is 0 Å². The molecule has 6 rings (SSSR count). The van der Waals surface area contributed by atoms with Crippen molar-refractivity contribution in [2.45, 2.75) is 51.0 Å². The van der Waals surface area contributed by atoms with Gasteiger partial charge in [-0.15, -0.1) is 0 Å². The minimum atomic E-state index is -1.64. The van der Waals surface area contributed by atoms with Gasteiger partial charge in [0.25, 0.3) is 0 Å². The van der Waals surface area contributed by atoms with Crippen LogP contribution in [0.2, 0.25) is 0 Å². The van der Waals surface area contributed by atoms with Gasteiger partial charge in [0.15, 0.2) is 5.60 Å². The number of carbonyl (C=O) groups excluding carboxylic acids is 2. The number of fused-ring (bicyclic) bond motifs is 5. The maximum Gasteiger partial charge on any atom is 0.237 e. The Morgan fingerprint density at radius 3 is 2.03 bits per heavy atom. The zero-order valence-electron chi connectivity index (χ0n) is 20.7. The minimum Gasteiger partial charge on any atom is -0.456 e. The van der Waals surface area contributed by atoms with E-state index in [1.54, 1.807) is 6.92 Å². The maximum absolute atomic E-state index is 13.6. The van der Waals surface area contributed by atoms with Crippen LogP contribution in [0, 0.1) is 6.92 Å². The lowest BCUT2D eigenvalue weighted by atomic mass is 9.69. The van der Waals surface area contributed by atoms with Crippen molar-refractivity contribution in [2.24, 2.45) is 0 Å². The van der Waals surface area contributed by atoms with Gasteiger partial charge in [0.05, 0.1) is 5.56 Å². The summed E-state index contributed by atoms with van der Waals surface area (Å²) in [6, 6.07) is 22.6. The first-order valence-corrected chi connectivity index (χ1v) is 12.5. The molecular weight excluding hydrogens is 448 g/mol. The molecule has 180 valence electrons. The molecule has 1 N–H and O–H groups in total. The zero-order valence-corrected chi connectivity index (χ0v) is 20.7. The first kappa shape index (κ1) is 22.7. The van der Waals surface area contributed by atoms with E-state index in [4.69, 9.17) is 4.42 Å². The zero-order chi connectivity index (χ0) is 25.2. The molecule has 4 aromatic rings. The largest absolute Gasteiger partial charge is 0.456 e. The Labute approximate surface area is 210 Å². The molecule has 3 aromatic carbocycles. The van der Waals surface area contributed by atoms with Crippen LogP contribution in [0.3, 0.4) is 0 Å². The molecule has 0 saturated carbocycles. The summed E-state index contributed by atoms with van der Waals surface area (Å²) in [6.45, 7) is 6.13. The third-order valence-corrected chi connectivity index (χ3v) is 8.03. The van der Waals surface area contributed by atoms with Crippen molar-refractivity contribution in [1.82, 2.24) is 0 Å². The van der Waals surface area contributed by atoms with Gasteiger partial charge in [0, 0.05) is 16.7 Å². The highest BCUT2D eigenvalue weighted by Crippen LogP contribution is 2.48. The van der Waals surface area contributed by atoms with E-state index in [1.165, 1.54) is 0 Å². The van der Waals surface area contributed by atoms with Crippen LogP contribution < -0.4 is 0 Å². The second kappa shape index (κ2) is 7.87. The predicted molar refractivity (Wildman–Crippen MR) is 138 cm³/mol. The molecule has 0 saturated heterocycles. The summed E-state index contributed by atoms with van der Waals surface area (Å²) in [4.78, 5) is 27.1. The van der Waals surface area contributed by atoms with Gasteiger partial charge < -0.3 is 9.52 Å². The number of hydrogen-bond donors (Lipinski definition) is 1. The molecule has 0 spiro atoms. The van der Waals surface area contributed by atoms with Crippen LogP contribution in [-0.4, -0.2) is 16.7 Å². The predicted octanol–water partition coefficient (Wildman–Crippen LogP) is 6.53. The molecule has 2 aliphatic carbocycles. The molecule has 36 heavy (non-hydrogen) atoms. The number of hydrogen-bond acceptors (Lipinski definition) is 4. The molecule has 1 aromatic heterocycles. The van der Waals surface area contributed by atoms with Crippen molar-refractivity contribution < 1.29 is 19.1 Å². The van der Waals surface area contributed by atoms with E-state index < -0.39 is 17.2 Å². The highest BCUT2D eigenvalue weighted by Gasteiger charge is 2.45. The highest BCUT2D eigenvalue weighted by molar-refractivity contribution is 6.53. The van der Waals surface area contributed by atoms with Gasteiger partial charge in [0.1, 0.15) is 11.5 Å². The fourth-order valence-corrected chi connectivity index (χ4v) is 6.17. The first-order chi connectivity index (χ1) is 17.2. The summed E-state index contributed by atoms with van der Waals surface area (Å²) >= 11 is 0. The summed E-state index contributed by atoms with van der Waals surface area (Å²) in [5.74, 6) is -0.411. The van der Waals surface area contributed by atoms with Crippen LogP contribution in [0.15, 0.2) is 77.2 Å². The molecule has 0 bridgehead atoms. The van der Waals surface area contributed by atoms with Crippen molar-refractivity contribution >= 4 is 11.6 Å². The SMILES string of the molecule is Cc1c(C(O)(c2ccccc2)c2ccccc2)oc2c1C(=O)C(=O)c1c-2ccc2c1CCCC2(C)C. The molecule has 4 heteroatoms. The Morgan fingerprint density at radius 1 is 0.833 bits per heavy atom. The van der Waals surface area contributed by atoms with Crippen LogP contribution in [-0.2, 0) is 17.4 Å². The monoisotopic (exact) mass is 476 g/mol.